The lowest BCUT2D eigenvalue weighted by atomic mass is 9.87. The molecule has 0 unspecified atom stereocenters. The number of amides is 6. The summed E-state index contributed by atoms with van der Waals surface area (Å²) in [7, 11) is 2.69. The van der Waals surface area contributed by atoms with Crippen molar-refractivity contribution in [3.63, 3.8) is 0 Å². The number of carbonyl (C=O) groups excluding carboxylic acids is 4. The molecule has 3 aliphatic heterocycles. The van der Waals surface area contributed by atoms with Crippen LogP contribution in [-0.4, -0.2) is 115 Å². The van der Waals surface area contributed by atoms with Gasteiger partial charge in [-0.05, 0) is 96.7 Å². The van der Waals surface area contributed by atoms with Gasteiger partial charge < -0.3 is 36.4 Å². The van der Waals surface area contributed by atoms with Gasteiger partial charge in [0.2, 0.25) is 23.6 Å². The summed E-state index contributed by atoms with van der Waals surface area (Å²) in [4.78, 5) is 96.2. The third-order valence-electron chi connectivity index (χ3n) is 13.9. The minimum atomic E-state index is -1.57. The Bertz CT molecular complexity index is 2150. The summed E-state index contributed by atoms with van der Waals surface area (Å²) in [5.41, 5.74) is 13.5. The fourth-order valence-electron chi connectivity index (χ4n) is 10.5. The lowest BCUT2D eigenvalue weighted by Crippen LogP contribution is -2.60. The van der Waals surface area contributed by atoms with E-state index in [-0.39, 0.29) is 55.3 Å². The molecule has 2 aromatic heterocycles. The highest BCUT2D eigenvalue weighted by Crippen LogP contribution is 2.48. The highest BCUT2D eigenvalue weighted by molar-refractivity contribution is 5.95. The van der Waals surface area contributed by atoms with Crippen LogP contribution in [0.25, 0.3) is 0 Å². The molecular formula is C48H65N9O8. The van der Waals surface area contributed by atoms with Crippen molar-refractivity contribution in [1.29, 1.82) is 0 Å². The van der Waals surface area contributed by atoms with Gasteiger partial charge in [-0.15, -0.1) is 0 Å². The highest BCUT2D eigenvalue weighted by Gasteiger charge is 2.55. The van der Waals surface area contributed by atoms with Gasteiger partial charge in [0.15, 0.2) is 11.1 Å². The lowest BCUT2D eigenvalue weighted by Gasteiger charge is -2.40. The van der Waals surface area contributed by atoms with E-state index >= 15 is 0 Å². The number of anilines is 1. The molecule has 6 rings (SSSR count). The largest absolute Gasteiger partial charge is 0.465 e. The third-order valence-corrected chi connectivity index (χ3v) is 13.9. The summed E-state index contributed by atoms with van der Waals surface area (Å²) < 4.78 is 0. The average molecular weight is 896 g/mol. The van der Waals surface area contributed by atoms with E-state index in [9.17, 15) is 39.0 Å². The minimum absolute atomic E-state index is 0.0872. The maximum Gasteiger partial charge on any atom is 0.407 e. The van der Waals surface area contributed by atoms with Gasteiger partial charge in [0.05, 0.1) is 23.5 Å². The second-order valence-corrected chi connectivity index (χ2v) is 19.6. The molecule has 0 radical (unpaired) electrons. The van der Waals surface area contributed by atoms with Gasteiger partial charge in [0.1, 0.15) is 12.1 Å². The van der Waals surface area contributed by atoms with Gasteiger partial charge in [0.25, 0.3) is 0 Å². The summed E-state index contributed by atoms with van der Waals surface area (Å²) in [6, 6.07) is 13.3. The first-order chi connectivity index (χ1) is 30.5. The number of hydrogen-bond donors (Lipinski definition) is 4. The zero-order valence-corrected chi connectivity index (χ0v) is 39.0. The second-order valence-electron chi connectivity index (χ2n) is 19.6. The van der Waals surface area contributed by atoms with E-state index in [4.69, 9.17) is 21.4 Å². The van der Waals surface area contributed by atoms with Crippen molar-refractivity contribution in [2.45, 2.75) is 128 Å². The Morgan fingerprint density at radius 2 is 1.05 bits per heavy atom. The monoisotopic (exact) mass is 895 g/mol. The number of carbonyl (C=O) groups is 6. The molecule has 3 aromatic rings. The first-order valence-corrected chi connectivity index (χ1v) is 22.5. The number of nitrogens with zero attached hydrogens (tertiary/aromatic N) is 7. The van der Waals surface area contributed by atoms with Gasteiger partial charge >= 0.3 is 12.2 Å². The predicted molar refractivity (Wildman–Crippen MR) is 243 cm³/mol. The van der Waals surface area contributed by atoms with Crippen LogP contribution in [0.3, 0.4) is 0 Å². The minimum Gasteiger partial charge on any atom is -0.465 e. The standard InChI is InChI=1S/C48H65N9O8/c1-28(2)38(53(8)44(62)63)40(58)55-24-10-22-47(55,42(49)60)36-20-12-30(26-51-36)34-18-19-35(57(34)33-16-14-32(15-17-33)46(5,6)7)31-13-21-37(52-27-31)48(43(50)61)23-11-25-56(48)41(59)39(29(3)4)54(9)45(64)65/h12-17,20-21,26-29,34-35,38-39H,10-11,18-19,22-25H2,1-9H3,(H2,49,60)(H2,50,61)(H,62,63)(H,64,65)/t34-,35-,38+,39+,47+,48+/m1/s1. The molecule has 0 bridgehead atoms. The van der Waals surface area contributed by atoms with Crippen molar-refractivity contribution in [3.8, 4) is 0 Å². The summed E-state index contributed by atoms with van der Waals surface area (Å²) in [6.45, 7) is 13.9. The number of pyridine rings is 2. The van der Waals surface area contributed by atoms with E-state index < -0.39 is 59.0 Å². The summed E-state index contributed by atoms with van der Waals surface area (Å²) in [6.07, 6.45) is 3.78. The summed E-state index contributed by atoms with van der Waals surface area (Å²) in [5, 5.41) is 19.6. The van der Waals surface area contributed by atoms with E-state index in [1.54, 1.807) is 52.2 Å². The number of carboxylic acid groups (broad SMARTS) is 2. The van der Waals surface area contributed by atoms with Gasteiger partial charge in [0, 0.05) is 45.3 Å². The normalized spacial score (nSPS) is 23.2. The van der Waals surface area contributed by atoms with Crippen LogP contribution in [-0.2, 0) is 35.7 Å². The smallest absolute Gasteiger partial charge is 0.407 e. The zero-order valence-electron chi connectivity index (χ0n) is 39.0. The van der Waals surface area contributed by atoms with Gasteiger partial charge in [-0.2, -0.15) is 0 Å². The molecule has 65 heavy (non-hydrogen) atoms. The van der Waals surface area contributed by atoms with Gasteiger partial charge in [-0.25, -0.2) is 9.59 Å². The Hall–Kier alpha value is -6.26. The fourth-order valence-corrected chi connectivity index (χ4v) is 10.5. The number of rotatable bonds is 13. The van der Waals surface area contributed by atoms with Crippen LogP contribution in [0.4, 0.5) is 15.3 Å². The molecule has 350 valence electrons. The molecule has 0 spiro atoms. The predicted octanol–water partition coefficient (Wildman–Crippen LogP) is 5.73. The number of benzene rings is 1. The highest BCUT2D eigenvalue weighted by atomic mass is 16.4. The molecule has 3 aliphatic rings. The Morgan fingerprint density at radius 3 is 1.34 bits per heavy atom. The molecule has 1 aromatic carbocycles. The van der Waals surface area contributed by atoms with Crippen molar-refractivity contribution in [3.05, 3.63) is 89.0 Å². The molecule has 17 nitrogen and oxygen atoms in total. The molecule has 5 heterocycles. The Kier molecular flexibility index (Phi) is 13.6. The van der Waals surface area contributed by atoms with E-state index in [2.05, 4.69) is 49.9 Å². The number of likely N-dealkylation sites (tertiary alicyclic amines) is 2. The molecule has 6 amide bonds. The molecule has 0 aliphatic carbocycles. The van der Waals surface area contributed by atoms with Crippen LogP contribution in [0.5, 0.6) is 0 Å². The van der Waals surface area contributed by atoms with Gasteiger partial charge in [-0.3, -0.25) is 38.9 Å². The Labute approximate surface area is 381 Å². The number of hydrogen-bond acceptors (Lipinski definition) is 9. The maximum atomic E-state index is 14.2. The number of primary amides is 2. The maximum absolute atomic E-state index is 14.2. The molecule has 6 atom stereocenters. The molecule has 3 saturated heterocycles. The molecule has 0 saturated carbocycles. The van der Waals surface area contributed by atoms with Crippen LogP contribution < -0.4 is 16.4 Å². The first-order valence-electron chi connectivity index (χ1n) is 22.5. The Morgan fingerprint density at radius 1 is 0.662 bits per heavy atom. The topological polar surface area (TPSA) is 237 Å². The van der Waals surface area contributed by atoms with Crippen molar-refractivity contribution < 1.29 is 39.0 Å². The van der Waals surface area contributed by atoms with Crippen LogP contribution in [0.1, 0.15) is 127 Å². The van der Waals surface area contributed by atoms with E-state index in [1.807, 2.05) is 12.1 Å². The lowest BCUT2D eigenvalue weighted by molar-refractivity contribution is -0.149. The number of likely N-dealkylation sites (N-methyl/N-ethyl adjacent to an activating group) is 2. The number of aromatic nitrogens is 2. The van der Waals surface area contributed by atoms with Crippen LogP contribution in [0, 0.1) is 11.8 Å². The van der Waals surface area contributed by atoms with Crippen molar-refractivity contribution >= 4 is 41.5 Å². The average Bonchev–Trinajstić information content (AvgIpc) is 4.02. The fraction of sp³-hybridized carbons (Fsp3) is 0.542. The molecule has 6 N–H and O–H groups in total. The van der Waals surface area contributed by atoms with E-state index in [0.717, 1.165) is 32.2 Å². The molecule has 3 fully saturated rings. The zero-order chi connectivity index (χ0) is 47.9. The van der Waals surface area contributed by atoms with E-state index in [1.165, 1.54) is 23.9 Å². The molecule has 17 heteroatoms. The SMILES string of the molecule is CC(C)[C@@H](C(=O)N1CCC[C@@]1(C(N)=O)c1ccc([C@H]2CC[C@H](c3ccc([C@]4(C(N)=O)CCCN4C(=O)[C@H](C(C)C)N(C)C(=O)O)nc3)N2c2ccc(C(C)(C)C)cc2)cn1)N(C)C(=O)O. The van der Waals surface area contributed by atoms with Crippen LogP contribution >= 0.6 is 0 Å². The first kappa shape index (κ1) is 48.2. The van der Waals surface area contributed by atoms with Crippen LogP contribution in [0.2, 0.25) is 0 Å². The Balaban J connectivity index is 1.36. The quantitative estimate of drug-likeness (QED) is 0.162. The van der Waals surface area contributed by atoms with Crippen LogP contribution in [0.15, 0.2) is 60.9 Å². The second kappa shape index (κ2) is 18.3. The summed E-state index contributed by atoms with van der Waals surface area (Å²) >= 11 is 0. The molecular weight excluding hydrogens is 831 g/mol. The van der Waals surface area contributed by atoms with Crippen molar-refractivity contribution in [1.82, 2.24) is 29.6 Å². The van der Waals surface area contributed by atoms with Gasteiger partial charge in [-0.1, -0.05) is 72.7 Å². The number of nitrogens with two attached hydrogens (primary N) is 2. The van der Waals surface area contributed by atoms with E-state index in [0.29, 0.717) is 37.1 Å². The third kappa shape index (κ3) is 8.56. The van der Waals surface area contributed by atoms with Crippen molar-refractivity contribution in [2.24, 2.45) is 23.3 Å². The summed E-state index contributed by atoms with van der Waals surface area (Å²) in [5.74, 6) is -3.24. The van der Waals surface area contributed by atoms with Crippen molar-refractivity contribution in [2.75, 3.05) is 32.1 Å².